The molecule has 0 aliphatic carbocycles. The van der Waals surface area contributed by atoms with Crippen molar-refractivity contribution in [2.45, 2.75) is 88.6 Å². The average molecular weight is 590 g/mol. The normalized spacial score (nSPS) is 12.4. The van der Waals surface area contributed by atoms with E-state index in [-0.39, 0.29) is 4.90 Å². The first kappa shape index (κ1) is 31.3. The van der Waals surface area contributed by atoms with Gasteiger partial charge in [-0.2, -0.15) is 8.42 Å². The van der Waals surface area contributed by atoms with Gasteiger partial charge in [-0.3, -0.25) is 4.79 Å². The highest BCUT2D eigenvalue weighted by Crippen LogP contribution is 2.29. The van der Waals surface area contributed by atoms with Gasteiger partial charge in [-0.25, -0.2) is 4.18 Å². The highest BCUT2D eigenvalue weighted by molar-refractivity contribution is 7.86. The zero-order valence-electron chi connectivity index (χ0n) is 22.6. The zero-order chi connectivity index (χ0) is 28.1. The van der Waals surface area contributed by atoms with Crippen LogP contribution in [0, 0.1) is 0 Å². The van der Waals surface area contributed by atoms with E-state index < -0.39 is 22.0 Å². The molecule has 3 rings (SSSR count). The smallest absolute Gasteiger partial charge is 0.291 e. The molecule has 0 bridgehead atoms. The molecule has 0 amide bonds. The number of hydrogen-bond donors (Lipinski definition) is 0. The molecular weight excluding hydrogens is 551 g/mol. The Morgan fingerprint density at radius 3 is 1.72 bits per heavy atom. The summed E-state index contributed by atoms with van der Waals surface area (Å²) in [5, 5.41) is 0.943. The molecule has 0 aromatic heterocycles. The van der Waals surface area contributed by atoms with Crippen molar-refractivity contribution in [3.05, 3.63) is 99.5 Å². The summed E-state index contributed by atoms with van der Waals surface area (Å²) in [5.41, 5.74) is 1.77. The van der Waals surface area contributed by atoms with Gasteiger partial charge in [0.05, 0.1) is 4.90 Å². The van der Waals surface area contributed by atoms with Gasteiger partial charge in [0.2, 0.25) is 0 Å². The Balaban J connectivity index is 1.58. The Labute approximate surface area is 243 Å². The lowest BCUT2D eigenvalue weighted by Crippen LogP contribution is -2.20. The van der Waals surface area contributed by atoms with Crippen LogP contribution in [0.25, 0.3) is 0 Å². The lowest BCUT2D eigenvalue weighted by atomic mass is 10.0. The third-order valence-corrected chi connectivity index (χ3v) is 8.59. The van der Waals surface area contributed by atoms with Gasteiger partial charge in [0.15, 0.2) is 11.9 Å². The largest absolute Gasteiger partial charge is 0.298 e. The predicted molar refractivity (Wildman–Crippen MR) is 160 cm³/mol. The van der Waals surface area contributed by atoms with E-state index in [1.807, 2.05) is 12.1 Å². The molecule has 0 N–H and O–H groups in total. The van der Waals surface area contributed by atoms with E-state index >= 15 is 0 Å². The van der Waals surface area contributed by atoms with Crippen LogP contribution >= 0.6 is 23.2 Å². The van der Waals surface area contributed by atoms with E-state index in [2.05, 4.69) is 6.92 Å². The maximum Gasteiger partial charge on any atom is 0.298 e. The number of halogens is 2. The topological polar surface area (TPSA) is 60.4 Å². The van der Waals surface area contributed by atoms with Gasteiger partial charge < -0.3 is 0 Å². The van der Waals surface area contributed by atoms with Crippen molar-refractivity contribution in [3.63, 3.8) is 0 Å². The van der Waals surface area contributed by atoms with E-state index in [9.17, 15) is 13.2 Å². The minimum atomic E-state index is -4.22. The molecule has 7 heteroatoms. The molecule has 3 aromatic carbocycles. The number of aryl methyl sites for hydroxylation is 1. The molecule has 3 aromatic rings. The van der Waals surface area contributed by atoms with Crippen molar-refractivity contribution >= 4 is 39.1 Å². The molecule has 0 heterocycles. The minimum absolute atomic E-state index is 0.0113. The Morgan fingerprint density at radius 1 is 0.692 bits per heavy atom. The van der Waals surface area contributed by atoms with Crippen molar-refractivity contribution in [1.29, 1.82) is 0 Å². The third kappa shape index (κ3) is 10.4. The lowest BCUT2D eigenvalue weighted by Gasteiger charge is -2.17. The van der Waals surface area contributed by atoms with E-state index in [0.717, 1.165) is 18.4 Å². The molecule has 4 nitrogen and oxygen atoms in total. The molecule has 1 atom stereocenters. The number of unbranched alkanes of at least 4 members (excludes halogenated alkanes) is 9. The number of hydrogen-bond acceptors (Lipinski definition) is 4. The summed E-state index contributed by atoms with van der Waals surface area (Å²) in [6, 6.07) is 19.4. The molecule has 0 aliphatic rings. The van der Waals surface area contributed by atoms with Crippen LogP contribution < -0.4 is 0 Å². The van der Waals surface area contributed by atoms with E-state index in [1.165, 1.54) is 57.8 Å². The number of carbonyl (C=O) groups excluding carboxylic acids is 1. The van der Waals surface area contributed by atoms with Crippen molar-refractivity contribution in [2.75, 3.05) is 0 Å². The highest BCUT2D eigenvalue weighted by atomic mass is 35.5. The fourth-order valence-corrected chi connectivity index (χ4v) is 5.76. The van der Waals surface area contributed by atoms with Crippen LogP contribution in [0.15, 0.2) is 77.7 Å². The van der Waals surface area contributed by atoms with Gasteiger partial charge in [-0.15, -0.1) is 0 Å². The quantitative estimate of drug-likeness (QED) is 0.0893. The minimum Gasteiger partial charge on any atom is -0.291 e. The van der Waals surface area contributed by atoms with Crippen molar-refractivity contribution < 1.29 is 17.4 Å². The Hall–Kier alpha value is -2.18. The average Bonchev–Trinajstić information content (AvgIpc) is 2.93. The predicted octanol–water partition coefficient (Wildman–Crippen LogP) is 9.79. The molecule has 0 fully saturated rings. The first-order valence-electron chi connectivity index (χ1n) is 13.9. The Morgan fingerprint density at radius 2 is 1.18 bits per heavy atom. The third-order valence-electron chi connectivity index (χ3n) is 6.79. The summed E-state index contributed by atoms with van der Waals surface area (Å²) in [7, 11) is -4.22. The van der Waals surface area contributed by atoms with Crippen molar-refractivity contribution in [1.82, 2.24) is 0 Å². The van der Waals surface area contributed by atoms with Crippen LogP contribution in [-0.4, -0.2) is 14.2 Å². The molecule has 210 valence electrons. The van der Waals surface area contributed by atoms with Gasteiger partial charge in [0.1, 0.15) is 0 Å². The van der Waals surface area contributed by atoms with E-state index in [0.29, 0.717) is 21.2 Å². The molecule has 0 spiro atoms. The molecule has 1 unspecified atom stereocenters. The van der Waals surface area contributed by atoms with E-state index in [4.69, 9.17) is 27.4 Å². The van der Waals surface area contributed by atoms with Crippen molar-refractivity contribution in [3.8, 4) is 0 Å². The molecule has 0 saturated carbocycles. The van der Waals surface area contributed by atoms with Crippen molar-refractivity contribution in [2.24, 2.45) is 0 Å². The maximum atomic E-state index is 13.3. The van der Waals surface area contributed by atoms with Crippen LogP contribution in [0.2, 0.25) is 10.0 Å². The molecule has 0 saturated heterocycles. The van der Waals surface area contributed by atoms with Gasteiger partial charge in [0.25, 0.3) is 10.1 Å². The summed E-state index contributed by atoms with van der Waals surface area (Å²) in [6.45, 7) is 2.24. The van der Waals surface area contributed by atoms with Crippen LogP contribution in [-0.2, 0) is 20.7 Å². The van der Waals surface area contributed by atoms with Gasteiger partial charge in [-0.1, -0.05) is 112 Å². The summed E-state index contributed by atoms with van der Waals surface area (Å²) < 4.78 is 32.0. The second-order valence-corrected chi connectivity index (χ2v) is 12.4. The zero-order valence-corrected chi connectivity index (χ0v) is 24.9. The van der Waals surface area contributed by atoms with Gasteiger partial charge in [0, 0.05) is 15.6 Å². The number of carbonyl (C=O) groups is 1. The number of ketones is 1. The van der Waals surface area contributed by atoms with Crippen LogP contribution in [0.4, 0.5) is 0 Å². The Bertz CT molecular complexity index is 1260. The summed E-state index contributed by atoms with van der Waals surface area (Å²) in [6.07, 6.45) is 12.3. The summed E-state index contributed by atoms with van der Waals surface area (Å²) in [4.78, 5) is 13.3. The number of benzene rings is 3. The summed E-state index contributed by atoms with van der Waals surface area (Å²) >= 11 is 12.0. The Kier molecular flexibility index (Phi) is 13.0. The standard InChI is InChI=1S/C32H38Cl2O4S/c1-2-3-4-5-6-7-8-9-10-11-12-25-13-23-30(24-14-25)39(36,37)38-32(27-17-21-29(34)22-18-27)31(35)26-15-19-28(33)20-16-26/h13-24,32H,2-12H2,1H3. The fraction of sp³-hybridized carbons (Fsp3) is 0.406. The number of rotatable bonds is 17. The molecular formula is C32H38Cl2O4S. The second kappa shape index (κ2) is 16.2. The molecule has 0 aliphatic heterocycles. The number of Topliss-reactive ketones (excluding diaryl/α,β-unsaturated/α-hetero) is 1. The highest BCUT2D eigenvalue weighted by Gasteiger charge is 2.30. The van der Waals surface area contributed by atoms with Gasteiger partial charge in [-0.05, 0) is 72.5 Å². The second-order valence-electron chi connectivity index (χ2n) is 9.93. The van der Waals surface area contributed by atoms with Crippen LogP contribution in [0.1, 0.15) is 98.7 Å². The molecule has 39 heavy (non-hydrogen) atoms. The maximum absolute atomic E-state index is 13.3. The van der Waals surface area contributed by atoms with Crippen LogP contribution in [0.3, 0.4) is 0 Å². The van der Waals surface area contributed by atoms with E-state index in [1.54, 1.807) is 60.7 Å². The van der Waals surface area contributed by atoms with Gasteiger partial charge >= 0.3 is 0 Å². The fourth-order valence-electron chi connectivity index (χ4n) is 4.48. The lowest BCUT2D eigenvalue weighted by molar-refractivity contribution is 0.0801. The summed E-state index contributed by atoms with van der Waals surface area (Å²) in [5.74, 6) is -0.491. The molecule has 0 radical (unpaired) electrons. The first-order chi connectivity index (χ1) is 18.8. The van der Waals surface area contributed by atoms with Crippen LogP contribution in [0.5, 0.6) is 0 Å². The SMILES string of the molecule is CCCCCCCCCCCCc1ccc(S(=O)(=O)OC(C(=O)c2ccc(Cl)cc2)c2ccc(Cl)cc2)cc1. The first-order valence-corrected chi connectivity index (χ1v) is 16.0. The monoisotopic (exact) mass is 588 g/mol.